The van der Waals surface area contributed by atoms with E-state index in [-0.39, 0.29) is 18.5 Å². The molecule has 0 aliphatic heterocycles. The van der Waals surface area contributed by atoms with Crippen LogP contribution in [0.3, 0.4) is 0 Å². The van der Waals surface area contributed by atoms with Crippen molar-refractivity contribution in [2.75, 3.05) is 13.2 Å². The van der Waals surface area contributed by atoms with Crippen LogP contribution in [0.25, 0.3) is 0 Å². The minimum Gasteiger partial charge on any atom is -0.466 e. The highest BCUT2D eigenvalue weighted by Crippen LogP contribution is 2.19. The summed E-state index contributed by atoms with van der Waals surface area (Å²) in [6, 6.07) is -0.623. The van der Waals surface area contributed by atoms with Gasteiger partial charge in [-0.2, -0.15) is 0 Å². The number of aliphatic hydroxyl groups is 2. The number of rotatable bonds is 65. The van der Waals surface area contributed by atoms with Gasteiger partial charge in [0, 0.05) is 12.8 Å². The van der Waals surface area contributed by atoms with Gasteiger partial charge in [0.1, 0.15) is 0 Å². The molecule has 3 N–H and O–H groups in total. The van der Waals surface area contributed by atoms with Crippen molar-refractivity contribution in [2.45, 2.75) is 392 Å². The summed E-state index contributed by atoms with van der Waals surface area (Å²) in [6.07, 6.45) is 85.2. The average molecular weight is 1080 g/mol. The lowest BCUT2D eigenvalue weighted by Crippen LogP contribution is -2.45. The molecular weight excluding hydrogens is 947 g/mol. The summed E-state index contributed by atoms with van der Waals surface area (Å²) in [4.78, 5) is 24.5. The Morgan fingerprint density at radius 2 is 0.649 bits per heavy atom. The van der Waals surface area contributed by atoms with Crippen LogP contribution in [0.1, 0.15) is 380 Å². The minimum atomic E-state index is -0.840. The van der Waals surface area contributed by atoms with Gasteiger partial charge in [0.2, 0.25) is 5.91 Å². The van der Waals surface area contributed by atoms with Crippen molar-refractivity contribution in [3.05, 3.63) is 36.5 Å². The summed E-state index contributed by atoms with van der Waals surface area (Å²) < 4.78 is 5.51. The third-order valence-electron chi connectivity index (χ3n) is 16.2. The molecule has 0 spiro atoms. The summed E-state index contributed by atoms with van der Waals surface area (Å²) in [6.45, 7) is 4.89. The number of allylic oxidation sites excluding steroid dienone is 5. The van der Waals surface area contributed by atoms with Gasteiger partial charge in [0.25, 0.3) is 0 Å². The first kappa shape index (κ1) is 75.1. The summed E-state index contributed by atoms with van der Waals surface area (Å²) in [5, 5.41) is 23.1. The average Bonchev–Trinajstić information content (AvgIpc) is 3.43. The Labute approximate surface area is 481 Å². The van der Waals surface area contributed by atoms with Gasteiger partial charge in [0.05, 0.1) is 25.4 Å². The molecule has 454 valence electrons. The SMILES string of the molecule is CCCCC/C=C\C/C=C\CCCCCCCCCCCC(=O)OCCCCCCCCCCCCCCCCCCCCCCCCCCCCCCCCC(=O)NC(CO)C(O)/C=C/CCCCCCCCCCC. The zero-order chi connectivity index (χ0) is 55.7. The molecule has 2 unspecified atom stereocenters. The summed E-state index contributed by atoms with van der Waals surface area (Å²) >= 11 is 0. The first-order chi connectivity index (χ1) is 38.0. The van der Waals surface area contributed by atoms with Gasteiger partial charge in [-0.25, -0.2) is 0 Å². The van der Waals surface area contributed by atoms with E-state index in [4.69, 9.17) is 4.74 Å². The second-order valence-electron chi connectivity index (χ2n) is 23.9. The van der Waals surface area contributed by atoms with Crippen LogP contribution >= 0.6 is 0 Å². The van der Waals surface area contributed by atoms with Crippen LogP contribution in [-0.4, -0.2) is 47.4 Å². The molecule has 0 saturated heterocycles. The number of unbranched alkanes of at least 4 members (excludes halogenated alkanes) is 50. The zero-order valence-corrected chi connectivity index (χ0v) is 52.0. The molecule has 0 aliphatic carbocycles. The number of nitrogens with one attached hydrogen (secondary N) is 1. The number of carbonyl (C=O) groups excluding carboxylic acids is 2. The number of carbonyl (C=O) groups is 2. The molecule has 77 heavy (non-hydrogen) atoms. The first-order valence-electron chi connectivity index (χ1n) is 34.8. The van der Waals surface area contributed by atoms with Crippen LogP contribution < -0.4 is 5.32 Å². The van der Waals surface area contributed by atoms with Gasteiger partial charge in [0.15, 0.2) is 0 Å². The Hall–Kier alpha value is -1.92. The molecule has 1 amide bonds. The van der Waals surface area contributed by atoms with Gasteiger partial charge in [-0.15, -0.1) is 0 Å². The Balaban J connectivity index is 3.31. The largest absolute Gasteiger partial charge is 0.466 e. The first-order valence-corrected chi connectivity index (χ1v) is 34.8. The van der Waals surface area contributed by atoms with Gasteiger partial charge < -0.3 is 20.3 Å². The van der Waals surface area contributed by atoms with Crippen LogP contribution in [0.15, 0.2) is 36.5 Å². The molecule has 0 aliphatic rings. The predicted molar refractivity (Wildman–Crippen MR) is 338 cm³/mol. The molecule has 0 rings (SSSR count). The van der Waals surface area contributed by atoms with Gasteiger partial charge in [-0.3, -0.25) is 9.59 Å². The maximum Gasteiger partial charge on any atom is 0.305 e. The number of hydrogen-bond donors (Lipinski definition) is 3. The van der Waals surface area contributed by atoms with Crippen molar-refractivity contribution in [3.8, 4) is 0 Å². The molecule has 0 aromatic heterocycles. The Morgan fingerprint density at radius 3 is 1.01 bits per heavy atom. The van der Waals surface area contributed by atoms with E-state index in [0.29, 0.717) is 19.4 Å². The van der Waals surface area contributed by atoms with Crippen LogP contribution in [0.5, 0.6) is 0 Å². The highest BCUT2D eigenvalue weighted by molar-refractivity contribution is 5.76. The van der Waals surface area contributed by atoms with E-state index < -0.39 is 12.1 Å². The molecule has 6 heteroatoms. The molecule has 0 radical (unpaired) electrons. The molecule has 0 bridgehead atoms. The fourth-order valence-corrected chi connectivity index (χ4v) is 10.8. The van der Waals surface area contributed by atoms with Crippen LogP contribution in [-0.2, 0) is 14.3 Å². The van der Waals surface area contributed by atoms with E-state index in [1.807, 2.05) is 6.08 Å². The van der Waals surface area contributed by atoms with E-state index in [1.165, 1.54) is 302 Å². The highest BCUT2D eigenvalue weighted by atomic mass is 16.5. The van der Waals surface area contributed by atoms with Crippen molar-refractivity contribution in [3.63, 3.8) is 0 Å². The smallest absolute Gasteiger partial charge is 0.305 e. The molecule has 0 aromatic rings. The molecule has 0 heterocycles. The van der Waals surface area contributed by atoms with Crippen molar-refractivity contribution < 1.29 is 24.5 Å². The molecule has 2 atom stereocenters. The van der Waals surface area contributed by atoms with Crippen LogP contribution in [0.2, 0.25) is 0 Å². The van der Waals surface area contributed by atoms with Crippen LogP contribution in [0.4, 0.5) is 0 Å². The molecule has 6 nitrogen and oxygen atoms in total. The highest BCUT2D eigenvalue weighted by Gasteiger charge is 2.18. The van der Waals surface area contributed by atoms with E-state index >= 15 is 0 Å². The third kappa shape index (κ3) is 63.1. The maximum absolute atomic E-state index is 12.4. The number of aliphatic hydroxyl groups excluding tert-OH is 2. The number of hydrogen-bond acceptors (Lipinski definition) is 5. The quantitative estimate of drug-likeness (QED) is 0.0320. The monoisotopic (exact) mass is 1080 g/mol. The number of esters is 1. The Morgan fingerprint density at radius 1 is 0.364 bits per heavy atom. The Kier molecular flexibility index (Phi) is 64.9. The fourth-order valence-electron chi connectivity index (χ4n) is 10.8. The molecule has 0 aromatic carbocycles. The molecular formula is C71H135NO5. The second-order valence-corrected chi connectivity index (χ2v) is 23.9. The van der Waals surface area contributed by atoms with E-state index in [0.717, 1.165) is 51.4 Å². The summed E-state index contributed by atoms with van der Waals surface area (Å²) in [5.74, 6) is -0.0478. The predicted octanol–water partition coefficient (Wildman–Crippen LogP) is 22.3. The van der Waals surface area contributed by atoms with Crippen molar-refractivity contribution >= 4 is 11.9 Å². The minimum absolute atomic E-state index is 0.0162. The number of ether oxygens (including phenoxy) is 1. The summed E-state index contributed by atoms with van der Waals surface area (Å²) in [5.41, 5.74) is 0. The fraction of sp³-hybridized carbons (Fsp3) is 0.887. The standard InChI is InChI=1S/C71H135NO5/c1-3-5-7-9-11-13-15-16-17-18-31-35-38-41-45-49-53-57-61-65-71(76)77-66-62-58-54-50-46-42-39-36-33-30-28-26-24-22-20-19-21-23-25-27-29-32-34-37-40-44-48-52-56-60-64-70(75)72-68(67-73)69(74)63-59-55-51-47-43-14-12-10-8-6-4-2/h11,13,16-17,59,63,68-69,73-74H,3-10,12,14-15,18-58,60-62,64-67H2,1-2H3,(H,72,75)/b13-11-,17-16-,63-59+. The molecule has 0 fully saturated rings. The van der Waals surface area contributed by atoms with Gasteiger partial charge in [-0.05, 0) is 64.2 Å². The van der Waals surface area contributed by atoms with Crippen molar-refractivity contribution in [1.29, 1.82) is 0 Å². The number of amides is 1. The van der Waals surface area contributed by atoms with E-state index in [2.05, 4.69) is 43.5 Å². The normalized spacial score (nSPS) is 12.7. The van der Waals surface area contributed by atoms with E-state index in [9.17, 15) is 19.8 Å². The second kappa shape index (κ2) is 66.6. The third-order valence-corrected chi connectivity index (χ3v) is 16.2. The lowest BCUT2D eigenvalue weighted by molar-refractivity contribution is -0.143. The van der Waals surface area contributed by atoms with Crippen molar-refractivity contribution in [2.24, 2.45) is 0 Å². The lowest BCUT2D eigenvalue weighted by Gasteiger charge is -2.20. The maximum atomic E-state index is 12.4. The van der Waals surface area contributed by atoms with Crippen molar-refractivity contribution in [1.82, 2.24) is 5.32 Å². The Bertz CT molecular complexity index is 1250. The van der Waals surface area contributed by atoms with Gasteiger partial charge in [-0.1, -0.05) is 339 Å². The lowest BCUT2D eigenvalue weighted by atomic mass is 10.0. The van der Waals surface area contributed by atoms with Crippen LogP contribution in [0, 0.1) is 0 Å². The van der Waals surface area contributed by atoms with E-state index in [1.54, 1.807) is 6.08 Å². The molecule has 0 saturated carbocycles. The zero-order valence-electron chi connectivity index (χ0n) is 52.0. The topological polar surface area (TPSA) is 95.9 Å². The summed E-state index contributed by atoms with van der Waals surface area (Å²) in [7, 11) is 0. The van der Waals surface area contributed by atoms with Gasteiger partial charge >= 0.3 is 5.97 Å².